The lowest BCUT2D eigenvalue weighted by Gasteiger charge is -2.12. The summed E-state index contributed by atoms with van der Waals surface area (Å²) in [5.74, 6) is -0.293. The average molecular weight is 247 g/mol. The zero-order chi connectivity index (χ0) is 13.1. The van der Waals surface area contributed by atoms with Gasteiger partial charge in [-0.15, -0.1) is 0 Å². The fourth-order valence-electron chi connectivity index (χ4n) is 2.12. The van der Waals surface area contributed by atoms with Crippen molar-refractivity contribution in [3.05, 3.63) is 36.3 Å². The zero-order valence-electron chi connectivity index (χ0n) is 10.7. The highest BCUT2D eigenvalue weighted by molar-refractivity contribution is 5.72. The topological polar surface area (TPSA) is 43.8 Å². The molecule has 0 saturated carbocycles. The molecule has 0 fully saturated rings. The summed E-state index contributed by atoms with van der Waals surface area (Å²) in [4.78, 5) is 0. The fraction of sp³-hybridized carbons (Fsp3) is 0.357. The van der Waals surface area contributed by atoms with Crippen LogP contribution in [0.2, 0.25) is 0 Å². The minimum atomic E-state index is -0.293. The van der Waals surface area contributed by atoms with Crippen LogP contribution < -0.4 is 5.73 Å². The van der Waals surface area contributed by atoms with Gasteiger partial charge in [0.2, 0.25) is 0 Å². The fourth-order valence-corrected chi connectivity index (χ4v) is 2.12. The predicted molar refractivity (Wildman–Crippen MR) is 71.7 cm³/mol. The van der Waals surface area contributed by atoms with Crippen molar-refractivity contribution in [1.29, 1.82) is 0 Å². The average Bonchev–Trinajstić information content (AvgIpc) is 2.73. The number of nitrogens with two attached hydrogens (primary N) is 1. The van der Waals surface area contributed by atoms with Crippen LogP contribution in [-0.2, 0) is 0 Å². The first kappa shape index (κ1) is 12.6. The van der Waals surface area contributed by atoms with Gasteiger partial charge in [0.15, 0.2) is 0 Å². The number of nitrogens with zero attached hydrogens (tertiary/aromatic N) is 2. The van der Waals surface area contributed by atoms with E-state index in [1.807, 2.05) is 4.68 Å². The third-order valence-electron chi connectivity index (χ3n) is 3.21. The van der Waals surface area contributed by atoms with Crippen LogP contribution in [0.4, 0.5) is 10.1 Å². The lowest BCUT2D eigenvalue weighted by atomic mass is 10.1. The van der Waals surface area contributed by atoms with Crippen LogP contribution in [-0.4, -0.2) is 9.78 Å². The number of benzene rings is 1. The van der Waals surface area contributed by atoms with E-state index >= 15 is 0 Å². The van der Waals surface area contributed by atoms with Gasteiger partial charge in [0.25, 0.3) is 0 Å². The Hall–Kier alpha value is -1.84. The maximum Gasteiger partial charge on any atom is 0.132 e. The van der Waals surface area contributed by atoms with E-state index in [1.165, 1.54) is 6.07 Å². The smallest absolute Gasteiger partial charge is 0.132 e. The molecular weight excluding hydrogens is 229 g/mol. The Morgan fingerprint density at radius 1 is 1.28 bits per heavy atom. The second-order valence-electron chi connectivity index (χ2n) is 4.36. The van der Waals surface area contributed by atoms with E-state index in [0.717, 1.165) is 12.8 Å². The summed E-state index contributed by atoms with van der Waals surface area (Å²) in [5.41, 5.74) is 7.45. The highest BCUT2D eigenvalue weighted by Crippen LogP contribution is 2.28. The lowest BCUT2D eigenvalue weighted by molar-refractivity contribution is 0.429. The first-order valence-electron chi connectivity index (χ1n) is 6.26. The van der Waals surface area contributed by atoms with Crippen molar-refractivity contribution in [1.82, 2.24) is 9.78 Å². The Bertz CT molecular complexity index is 530. The first-order chi connectivity index (χ1) is 8.67. The molecule has 18 heavy (non-hydrogen) atoms. The van der Waals surface area contributed by atoms with E-state index < -0.39 is 0 Å². The molecule has 0 spiro atoms. The number of anilines is 1. The lowest BCUT2D eigenvalue weighted by Crippen LogP contribution is -2.07. The number of nitrogen functional groups attached to an aromatic ring is 1. The Balaban J connectivity index is 2.44. The van der Waals surface area contributed by atoms with Crippen molar-refractivity contribution < 1.29 is 4.39 Å². The third kappa shape index (κ3) is 2.23. The van der Waals surface area contributed by atoms with Crippen LogP contribution in [0.25, 0.3) is 11.3 Å². The molecule has 4 heteroatoms. The summed E-state index contributed by atoms with van der Waals surface area (Å²) in [5, 5.41) is 4.43. The first-order valence-corrected chi connectivity index (χ1v) is 6.26. The van der Waals surface area contributed by atoms with Crippen LogP contribution in [0.15, 0.2) is 30.5 Å². The molecule has 2 N–H and O–H groups in total. The van der Waals surface area contributed by atoms with Gasteiger partial charge in [-0.05, 0) is 25.0 Å². The Labute approximate surface area is 106 Å². The monoisotopic (exact) mass is 247 g/mol. The van der Waals surface area contributed by atoms with Crippen LogP contribution in [0.1, 0.15) is 32.7 Å². The van der Waals surface area contributed by atoms with E-state index in [0.29, 0.717) is 23.0 Å². The van der Waals surface area contributed by atoms with Gasteiger partial charge in [0.05, 0.1) is 11.7 Å². The highest BCUT2D eigenvalue weighted by Gasteiger charge is 2.15. The number of hydrogen-bond acceptors (Lipinski definition) is 2. The van der Waals surface area contributed by atoms with Gasteiger partial charge >= 0.3 is 0 Å². The van der Waals surface area contributed by atoms with Crippen molar-refractivity contribution >= 4 is 5.69 Å². The molecule has 0 aliphatic rings. The van der Waals surface area contributed by atoms with E-state index in [2.05, 4.69) is 18.9 Å². The maximum atomic E-state index is 13.7. The molecule has 3 nitrogen and oxygen atoms in total. The Morgan fingerprint density at radius 3 is 2.56 bits per heavy atom. The standard InChI is InChI=1S/C14H18FN3/c1-3-10(4-2)18-9-13(16)14(17-18)11-7-5-6-8-12(11)15/h5-10H,3-4,16H2,1-2H3. The molecular formula is C14H18FN3. The maximum absolute atomic E-state index is 13.7. The second-order valence-corrected chi connectivity index (χ2v) is 4.36. The molecule has 0 unspecified atom stereocenters. The van der Waals surface area contributed by atoms with Gasteiger partial charge in [0.1, 0.15) is 11.5 Å². The predicted octanol–water partition coefficient (Wildman–Crippen LogP) is 3.63. The molecule has 0 atom stereocenters. The molecule has 0 aliphatic heterocycles. The van der Waals surface area contributed by atoms with Crippen molar-refractivity contribution in [3.63, 3.8) is 0 Å². The SMILES string of the molecule is CCC(CC)n1cc(N)c(-c2ccccc2F)n1. The molecule has 2 rings (SSSR count). The van der Waals surface area contributed by atoms with E-state index in [4.69, 9.17) is 5.73 Å². The molecule has 1 heterocycles. The Morgan fingerprint density at radius 2 is 1.94 bits per heavy atom. The second kappa shape index (κ2) is 5.21. The van der Waals surface area contributed by atoms with Gasteiger partial charge < -0.3 is 5.73 Å². The number of rotatable bonds is 4. The summed E-state index contributed by atoms with van der Waals surface area (Å²) in [6, 6.07) is 6.88. The molecule has 0 amide bonds. The van der Waals surface area contributed by atoms with Gasteiger partial charge in [-0.3, -0.25) is 4.68 Å². The van der Waals surface area contributed by atoms with Crippen LogP contribution in [0.5, 0.6) is 0 Å². The number of aromatic nitrogens is 2. The summed E-state index contributed by atoms with van der Waals surface area (Å²) >= 11 is 0. The largest absolute Gasteiger partial charge is 0.396 e. The quantitative estimate of drug-likeness (QED) is 0.896. The van der Waals surface area contributed by atoms with Crippen molar-refractivity contribution in [2.24, 2.45) is 0 Å². The van der Waals surface area contributed by atoms with Gasteiger partial charge in [-0.1, -0.05) is 26.0 Å². The molecule has 0 radical (unpaired) electrons. The van der Waals surface area contributed by atoms with Crippen molar-refractivity contribution in [3.8, 4) is 11.3 Å². The molecule has 0 saturated heterocycles. The molecule has 1 aromatic carbocycles. The summed E-state index contributed by atoms with van der Waals surface area (Å²) in [7, 11) is 0. The highest BCUT2D eigenvalue weighted by atomic mass is 19.1. The summed E-state index contributed by atoms with van der Waals surface area (Å²) in [6.07, 6.45) is 3.75. The molecule has 2 aromatic rings. The van der Waals surface area contributed by atoms with E-state index in [1.54, 1.807) is 24.4 Å². The molecule has 0 bridgehead atoms. The van der Waals surface area contributed by atoms with E-state index in [-0.39, 0.29) is 5.82 Å². The van der Waals surface area contributed by atoms with Crippen molar-refractivity contribution in [2.45, 2.75) is 32.7 Å². The Kier molecular flexibility index (Phi) is 3.65. The van der Waals surface area contributed by atoms with E-state index in [9.17, 15) is 4.39 Å². The molecule has 96 valence electrons. The summed E-state index contributed by atoms with van der Waals surface area (Å²) < 4.78 is 15.6. The van der Waals surface area contributed by atoms with Crippen molar-refractivity contribution in [2.75, 3.05) is 5.73 Å². The van der Waals surface area contributed by atoms with Crippen LogP contribution in [0, 0.1) is 5.82 Å². The van der Waals surface area contributed by atoms with Crippen LogP contribution >= 0.6 is 0 Å². The minimum absolute atomic E-state index is 0.293. The number of halogens is 1. The molecule has 1 aromatic heterocycles. The number of hydrogen-bond donors (Lipinski definition) is 1. The summed E-state index contributed by atoms with van der Waals surface area (Å²) in [6.45, 7) is 4.21. The van der Waals surface area contributed by atoms with Gasteiger partial charge in [-0.25, -0.2) is 4.39 Å². The van der Waals surface area contributed by atoms with Crippen LogP contribution in [0.3, 0.4) is 0 Å². The molecule has 0 aliphatic carbocycles. The van der Waals surface area contributed by atoms with Gasteiger partial charge in [-0.2, -0.15) is 5.10 Å². The normalized spacial score (nSPS) is 11.1. The van der Waals surface area contributed by atoms with Gasteiger partial charge in [0, 0.05) is 11.8 Å². The minimum Gasteiger partial charge on any atom is -0.396 e. The zero-order valence-corrected chi connectivity index (χ0v) is 10.7. The third-order valence-corrected chi connectivity index (χ3v) is 3.21.